The van der Waals surface area contributed by atoms with E-state index in [0.29, 0.717) is 21.5 Å². The maximum absolute atomic E-state index is 11.4. The second-order valence-corrected chi connectivity index (χ2v) is 6.96. The predicted octanol–water partition coefficient (Wildman–Crippen LogP) is 3.20. The average molecular weight is 366 g/mol. The number of benzene rings is 1. The highest BCUT2D eigenvalue weighted by Crippen LogP contribution is 2.31. The standard InChI is InChI=1S/C16H20ClN5O3/c1-10-5-3-8-14(11(10)2)18-15-16(22(24)25)19-20(21(15)23)13-7-4-6-12(17)9-13/h4,6-7,9-11,14,23H,3,5,8H2,1-2H3/t10-,11+,14+/m1/s1. The second-order valence-electron chi connectivity index (χ2n) is 6.53. The molecule has 0 bridgehead atoms. The van der Waals surface area contributed by atoms with Crippen molar-refractivity contribution in [3.63, 3.8) is 0 Å². The molecule has 8 nitrogen and oxygen atoms in total. The number of rotatable bonds is 3. The predicted molar refractivity (Wildman–Crippen MR) is 91.9 cm³/mol. The monoisotopic (exact) mass is 365 g/mol. The summed E-state index contributed by atoms with van der Waals surface area (Å²) >= 11 is 5.96. The van der Waals surface area contributed by atoms with Gasteiger partial charge < -0.3 is 15.3 Å². The lowest BCUT2D eigenvalue weighted by Gasteiger charge is -2.31. The molecular weight excluding hydrogens is 346 g/mol. The van der Waals surface area contributed by atoms with Gasteiger partial charge in [-0.25, -0.2) is 0 Å². The van der Waals surface area contributed by atoms with Gasteiger partial charge in [0.15, 0.2) is 0 Å². The second kappa shape index (κ2) is 6.87. The van der Waals surface area contributed by atoms with E-state index >= 15 is 0 Å². The molecule has 1 heterocycles. The van der Waals surface area contributed by atoms with E-state index in [9.17, 15) is 15.3 Å². The van der Waals surface area contributed by atoms with Gasteiger partial charge in [-0.3, -0.25) is 4.99 Å². The fraction of sp³-hybridized carbons (Fsp3) is 0.500. The number of nitrogens with zero attached hydrogens (tertiary/aromatic N) is 5. The van der Waals surface area contributed by atoms with E-state index in [1.54, 1.807) is 24.3 Å². The van der Waals surface area contributed by atoms with Crippen LogP contribution in [0.3, 0.4) is 0 Å². The Morgan fingerprint density at radius 1 is 1.40 bits per heavy atom. The first kappa shape index (κ1) is 17.5. The molecule has 2 aromatic rings. The largest absolute Gasteiger partial charge is 0.438 e. The summed E-state index contributed by atoms with van der Waals surface area (Å²) < 4.78 is 0. The molecule has 0 amide bonds. The molecule has 25 heavy (non-hydrogen) atoms. The van der Waals surface area contributed by atoms with E-state index in [1.165, 1.54) is 0 Å². The van der Waals surface area contributed by atoms with Gasteiger partial charge in [0.05, 0.1) is 11.1 Å². The molecule has 0 unspecified atom stereocenters. The SMILES string of the molecule is C[C@H]1[C@H](C)CCC[C@@H]1N=c1c([N+](=O)[O-])nn(-c2cccc(Cl)c2)n1O. The summed E-state index contributed by atoms with van der Waals surface area (Å²) in [6.07, 6.45) is 2.97. The third kappa shape index (κ3) is 3.39. The summed E-state index contributed by atoms with van der Waals surface area (Å²) in [4.78, 5) is 16.9. The lowest BCUT2D eigenvalue weighted by Crippen LogP contribution is -2.32. The summed E-state index contributed by atoms with van der Waals surface area (Å²) in [6.45, 7) is 4.25. The topological polar surface area (TPSA) is 98.5 Å². The molecule has 1 fully saturated rings. The van der Waals surface area contributed by atoms with Crippen molar-refractivity contribution in [3.8, 4) is 5.69 Å². The van der Waals surface area contributed by atoms with Gasteiger partial charge in [-0.1, -0.05) is 49.2 Å². The lowest BCUT2D eigenvalue weighted by molar-refractivity contribution is -0.391. The van der Waals surface area contributed by atoms with Crippen LogP contribution in [0.25, 0.3) is 5.69 Å². The molecule has 1 aromatic heterocycles. The molecule has 0 radical (unpaired) electrons. The molecule has 0 saturated heterocycles. The molecular formula is C16H20ClN5O3. The van der Waals surface area contributed by atoms with Crippen molar-refractivity contribution in [2.75, 3.05) is 0 Å². The van der Waals surface area contributed by atoms with E-state index in [-0.39, 0.29) is 17.4 Å². The normalized spacial score (nSPS) is 24.4. The molecule has 1 aliphatic rings. The van der Waals surface area contributed by atoms with Gasteiger partial charge in [0.2, 0.25) is 0 Å². The molecule has 3 atom stereocenters. The molecule has 134 valence electrons. The quantitative estimate of drug-likeness (QED) is 0.513. The zero-order valence-electron chi connectivity index (χ0n) is 14.0. The Bertz CT molecular complexity index is 860. The van der Waals surface area contributed by atoms with Crippen LogP contribution in [-0.2, 0) is 0 Å². The molecule has 1 aliphatic carbocycles. The molecule has 3 rings (SSSR count). The first-order valence-electron chi connectivity index (χ1n) is 8.24. The van der Waals surface area contributed by atoms with Gasteiger partial charge in [-0.15, -0.1) is 0 Å². The van der Waals surface area contributed by atoms with Crippen LogP contribution in [0.1, 0.15) is 33.1 Å². The number of halogens is 1. The van der Waals surface area contributed by atoms with Gasteiger partial charge in [0.1, 0.15) is 5.69 Å². The highest BCUT2D eigenvalue weighted by Gasteiger charge is 2.30. The van der Waals surface area contributed by atoms with Crippen LogP contribution < -0.4 is 5.49 Å². The minimum atomic E-state index is -0.635. The summed E-state index contributed by atoms with van der Waals surface area (Å²) in [6, 6.07) is 6.45. The summed E-state index contributed by atoms with van der Waals surface area (Å²) in [7, 11) is 0. The Kier molecular flexibility index (Phi) is 4.80. The Labute approximate surface area is 149 Å². The van der Waals surface area contributed by atoms with Crippen LogP contribution in [-0.4, -0.2) is 30.9 Å². The molecule has 1 N–H and O–H groups in total. The van der Waals surface area contributed by atoms with Crippen LogP contribution >= 0.6 is 11.6 Å². The van der Waals surface area contributed by atoms with Gasteiger partial charge >= 0.3 is 5.82 Å². The van der Waals surface area contributed by atoms with Crippen LogP contribution in [0, 0.1) is 22.0 Å². The fourth-order valence-electron chi connectivity index (χ4n) is 3.24. The number of hydrogen-bond acceptors (Lipinski definition) is 5. The van der Waals surface area contributed by atoms with Crippen molar-refractivity contribution in [2.45, 2.75) is 39.2 Å². The van der Waals surface area contributed by atoms with Gasteiger partial charge in [0, 0.05) is 5.02 Å². The molecule has 1 saturated carbocycles. The van der Waals surface area contributed by atoms with Gasteiger partial charge in [0.25, 0.3) is 5.49 Å². The van der Waals surface area contributed by atoms with E-state index in [2.05, 4.69) is 23.9 Å². The maximum atomic E-state index is 11.4. The molecule has 1 aromatic carbocycles. The molecule has 0 spiro atoms. The van der Waals surface area contributed by atoms with E-state index in [0.717, 1.165) is 24.1 Å². The van der Waals surface area contributed by atoms with Gasteiger partial charge in [-0.2, -0.15) is 0 Å². The Hall–Kier alpha value is -2.35. The highest BCUT2D eigenvalue weighted by molar-refractivity contribution is 6.30. The number of aromatic nitrogens is 3. The molecule has 0 aliphatic heterocycles. The Balaban J connectivity index is 2.13. The van der Waals surface area contributed by atoms with Crippen LogP contribution in [0.5, 0.6) is 0 Å². The lowest BCUT2D eigenvalue weighted by atomic mass is 9.78. The van der Waals surface area contributed by atoms with Crippen molar-refractivity contribution in [1.82, 2.24) is 14.7 Å². The van der Waals surface area contributed by atoms with E-state index in [4.69, 9.17) is 11.6 Å². The number of nitro groups is 1. The third-order valence-electron chi connectivity index (χ3n) is 4.92. The summed E-state index contributed by atoms with van der Waals surface area (Å²) in [5, 5.41) is 26.2. The van der Waals surface area contributed by atoms with Crippen molar-refractivity contribution in [1.29, 1.82) is 0 Å². The van der Waals surface area contributed by atoms with Crippen molar-refractivity contribution in [3.05, 3.63) is 44.9 Å². The van der Waals surface area contributed by atoms with Crippen LogP contribution in [0.15, 0.2) is 29.3 Å². The van der Waals surface area contributed by atoms with Crippen LogP contribution in [0.2, 0.25) is 5.02 Å². The van der Waals surface area contributed by atoms with Crippen LogP contribution in [0.4, 0.5) is 5.82 Å². The highest BCUT2D eigenvalue weighted by atomic mass is 35.5. The molecule has 9 heteroatoms. The van der Waals surface area contributed by atoms with Crippen molar-refractivity contribution < 1.29 is 10.1 Å². The fourth-order valence-corrected chi connectivity index (χ4v) is 3.43. The minimum Gasteiger partial charge on any atom is -0.409 e. The first-order valence-corrected chi connectivity index (χ1v) is 8.62. The third-order valence-corrected chi connectivity index (χ3v) is 5.16. The minimum absolute atomic E-state index is 0.0853. The maximum Gasteiger partial charge on any atom is 0.438 e. The summed E-state index contributed by atoms with van der Waals surface area (Å²) in [5.74, 6) is 0.285. The van der Waals surface area contributed by atoms with Gasteiger partial charge in [-0.05, 0) is 46.2 Å². The smallest absolute Gasteiger partial charge is 0.409 e. The Morgan fingerprint density at radius 3 is 2.84 bits per heavy atom. The summed E-state index contributed by atoms with van der Waals surface area (Å²) in [5.41, 5.74) is 0.264. The average Bonchev–Trinajstić information content (AvgIpc) is 2.89. The van der Waals surface area contributed by atoms with Crippen molar-refractivity contribution in [2.24, 2.45) is 16.8 Å². The van der Waals surface area contributed by atoms with E-state index < -0.39 is 10.7 Å². The van der Waals surface area contributed by atoms with Crippen molar-refractivity contribution >= 4 is 17.4 Å². The Morgan fingerprint density at radius 2 is 2.16 bits per heavy atom. The first-order chi connectivity index (χ1) is 11.9. The van der Waals surface area contributed by atoms with E-state index in [1.807, 2.05) is 0 Å². The number of hydrogen-bond donors (Lipinski definition) is 1. The zero-order chi connectivity index (χ0) is 18.1. The zero-order valence-corrected chi connectivity index (χ0v) is 14.8.